The van der Waals surface area contributed by atoms with Gasteiger partial charge in [0.1, 0.15) is 0 Å². The summed E-state index contributed by atoms with van der Waals surface area (Å²) in [7, 11) is 0. The molecule has 0 amide bonds. The van der Waals surface area contributed by atoms with Gasteiger partial charge in [-0.05, 0) is 0 Å². The largest absolute Gasteiger partial charge is 0.352 e. The van der Waals surface area contributed by atoms with Crippen LogP contribution in [0.2, 0.25) is 0 Å². The second-order valence-corrected chi connectivity index (χ2v) is 5.38. The van der Waals surface area contributed by atoms with Gasteiger partial charge in [0.05, 0.1) is 0 Å². The third-order valence-electron chi connectivity index (χ3n) is 1.46. The molecule has 0 atom stereocenters. The number of rotatable bonds is 2. The summed E-state index contributed by atoms with van der Waals surface area (Å²) in [4.78, 5) is 0. The van der Waals surface area contributed by atoms with Crippen LogP contribution in [0.15, 0.2) is 0 Å². The Kier molecular flexibility index (Phi) is 11.2. The SMILES string of the molecule is C.CC(C)(C)[CH-]C[CH-]C(C)(C)C.[Y]. The molecule has 0 fully saturated rings. The minimum Gasteiger partial charge on any atom is -0.352 e. The standard InChI is InChI=1S/C11H22.CH4.Y/c1-10(2,3)8-7-9-11(4,5)6;;/h8-9H,7H2,1-6H3;1H4;/q-2;;. The molecule has 0 aromatic carbocycles. The smallest absolute Gasteiger partial charge is 0 e. The van der Waals surface area contributed by atoms with Crippen molar-refractivity contribution in [3.8, 4) is 0 Å². The molecule has 0 saturated heterocycles. The van der Waals surface area contributed by atoms with E-state index >= 15 is 0 Å². The van der Waals surface area contributed by atoms with Gasteiger partial charge < -0.3 is 19.3 Å². The van der Waals surface area contributed by atoms with Crippen molar-refractivity contribution in [3.05, 3.63) is 12.8 Å². The van der Waals surface area contributed by atoms with Crippen LogP contribution >= 0.6 is 0 Å². The zero-order chi connectivity index (χ0) is 9.12. The van der Waals surface area contributed by atoms with Crippen LogP contribution in [0.25, 0.3) is 0 Å². The van der Waals surface area contributed by atoms with Crippen LogP contribution in [0.5, 0.6) is 0 Å². The topological polar surface area (TPSA) is 0 Å². The van der Waals surface area contributed by atoms with E-state index in [1.54, 1.807) is 0 Å². The van der Waals surface area contributed by atoms with Crippen LogP contribution in [0.4, 0.5) is 0 Å². The molecule has 0 N–H and O–H groups in total. The monoisotopic (exact) mass is 259 g/mol. The molecule has 0 aromatic rings. The van der Waals surface area contributed by atoms with Crippen molar-refractivity contribution in [2.24, 2.45) is 10.8 Å². The number of hydrogen-bond donors (Lipinski definition) is 0. The fourth-order valence-electron chi connectivity index (χ4n) is 0.766. The fraction of sp³-hybridized carbons (Fsp3) is 0.833. The molecule has 13 heavy (non-hydrogen) atoms. The number of hydrogen-bond acceptors (Lipinski definition) is 0. The van der Waals surface area contributed by atoms with Crippen LogP contribution in [0.3, 0.4) is 0 Å². The third kappa shape index (κ3) is 19.5. The quantitative estimate of drug-likeness (QED) is 0.640. The van der Waals surface area contributed by atoms with Crippen molar-refractivity contribution in [1.82, 2.24) is 0 Å². The molecule has 0 bridgehead atoms. The van der Waals surface area contributed by atoms with E-state index in [1.807, 2.05) is 0 Å². The Morgan fingerprint density at radius 2 is 1.00 bits per heavy atom. The van der Waals surface area contributed by atoms with Gasteiger partial charge in [0.2, 0.25) is 0 Å². The summed E-state index contributed by atoms with van der Waals surface area (Å²) in [5.41, 5.74) is 0.726. The van der Waals surface area contributed by atoms with E-state index in [2.05, 4.69) is 54.4 Å². The van der Waals surface area contributed by atoms with Crippen LogP contribution in [-0.2, 0) is 32.7 Å². The molecule has 0 heterocycles. The average Bonchev–Trinajstić information content (AvgIpc) is 1.55. The first kappa shape index (κ1) is 19.6. The summed E-state index contributed by atoms with van der Waals surface area (Å²) in [6.07, 6.45) is 5.84. The maximum absolute atomic E-state index is 2.36. The molecular weight excluding hydrogens is 233 g/mol. The molecule has 0 aliphatic heterocycles. The van der Waals surface area contributed by atoms with Crippen molar-refractivity contribution < 1.29 is 32.7 Å². The molecule has 0 nitrogen and oxygen atoms in total. The van der Waals surface area contributed by atoms with E-state index in [0.29, 0.717) is 10.8 Å². The molecule has 0 aliphatic carbocycles. The van der Waals surface area contributed by atoms with E-state index in [-0.39, 0.29) is 40.1 Å². The molecule has 0 rings (SSSR count). The molecule has 0 aromatic heterocycles. The van der Waals surface area contributed by atoms with Gasteiger partial charge in [0, 0.05) is 32.7 Å². The van der Waals surface area contributed by atoms with Crippen LogP contribution < -0.4 is 0 Å². The summed E-state index contributed by atoms with van der Waals surface area (Å²) in [5, 5.41) is 0. The average molecular weight is 259 g/mol. The first-order valence-electron chi connectivity index (χ1n) is 4.39. The second-order valence-electron chi connectivity index (χ2n) is 5.38. The van der Waals surface area contributed by atoms with E-state index in [4.69, 9.17) is 0 Å². The molecular formula is C12H26Y-2. The predicted octanol–water partition coefficient (Wildman–Crippen LogP) is 4.51. The van der Waals surface area contributed by atoms with Gasteiger partial charge in [-0.3, -0.25) is 0 Å². The third-order valence-corrected chi connectivity index (χ3v) is 1.46. The van der Waals surface area contributed by atoms with Crippen molar-refractivity contribution in [1.29, 1.82) is 0 Å². The van der Waals surface area contributed by atoms with Gasteiger partial charge in [-0.2, -0.15) is 10.8 Å². The first-order chi connectivity index (χ1) is 4.71. The molecule has 1 heteroatoms. The zero-order valence-electron chi connectivity index (χ0n) is 9.44. The summed E-state index contributed by atoms with van der Waals surface area (Å²) in [6, 6.07) is 0. The van der Waals surface area contributed by atoms with Crippen molar-refractivity contribution in [2.75, 3.05) is 0 Å². The molecule has 79 valence electrons. The Balaban J connectivity index is -0.000000500. The molecule has 0 spiro atoms. The summed E-state index contributed by atoms with van der Waals surface area (Å²) in [6.45, 7) is 13.4. The van der Waals surface area contributed by atoms with E-state index in [0.717, 1.165) is 6.42 Å². The predicted molar refractivity (Wildman–Crippen MR) is 58.9 cm³/mol. The van der Waals surface area contributed by atoms with Crippen molar-refractivity contribution in [2.45, 2.75) is 55.4 Å². The Morgan fingerprint density at radius 1 is 0.769 bits per heavy atom. The Bertz CT molecular complexity index is 89.3. The summed E-state index contributed by atoms with van der Waals surface area (Å²) >= 11 is 0. The fourth-order valence-corrected chi connectivity index (χ4v) is 0.766. The van der Waals surface area contributed by atoms with Crippen molar-refractivity contribution in [3.63, 3.8) is 0 Å². The van der Waals surface area contributed by atoms with E-state index < -0.39 is 0 Å². The normalized spacial score (nSPS) is 11.5. The van der Waals surface area contributed by atoms with Gasteiger partial charge in [-0.25, -0.2) is 0 Å². The van der Waals surface area contributed by atoms with E-state index in [1.165, 1.54) is 0 Å². The zero-order valence-corrected chi connectivity index (χ0v) is 12.3. The van der Waals surface area contributed by atoms with Gasteiger partial charge in [0.15, 0.2) is 0 Å². The van der Waals surface area contributed by atoms with Gasteiger partial charge in [-0.15, -0.1) is 0 Å². The Hall–Kier alpha value is 1.10. The first-order valence-corrected chi connectivity index (χ1v) is 4.39. The molecule has 1 radical (unpaired) electrons. The summed E-state index contributed by atoms with van der Waals surface area (Å²) < 4.78 is 0. The van der Waals surface area contributed by atoms with Gasteiger partial charge in [-0.1, -0.05) is 49.0 Å². The van der Waals surface area contributed by atoms with Gasteiger partial charge >= 0.3 is 0 Å². The van der Waals surface area contributed by atoms with Gasteiger partial charge in [0.25, 0.3) is 0 Å². The Morgan fingerprint density at radius 3 is 1.15 bits per heavy atom. The Labute approximate surface area is 111 Å². The van der Waals surface area contributed by atoms with E-state index in [9.17, 15) is 0 Å². The van der Waals surface area contributed by atoms with Crippen LogP contribution in [-0.4, -0.2) is 0 Å². The maximum Gasteiger partial charge on any atom is 0 e. The second kappa shape index (κ2) is 7.40. The maximum atomic E-state index is 2.36. The molecule has 0 unspecified atom stereocenters. The summed E-state index contributed by atoms with van der Waals surface area (Å²) in [5.74, 6) is 0. The minimum absolute atomic E-state index is 0. The minimum atomic E-state index is 0. The van der Waals surface area contributed by atoms with Crippen molar-refractivity contribution >= 4 is 0 Å². The van der Waals surface area contributed by atoms with Crippen LogP contribution in [0, 0.1) is 23.7 Å². The molecule has 0 saturated carbocycles. The van der Waals surface area contributed by atoms with Crippen LogP contribution in [0.1, 0.15) is 55.4 Å². The molecule has 0 aliphatic rings.